The highest BCUT2D eigenvalue weighted by Gasteiger charge is 2.25. The summed E-state index contributed by atoms with van der Waals surface area (Å²) in [6.45, 7) is 6.07. The van der Waals surface area contributed by atoms with Crippen LogP contribution in [0, 0.1) is 0 Å². The molecule has 0 aliphatic carbocycles. The van der Waals surface area contributed by atoms with Gasteiger partial charge in [-0.2, -0.15) is 0 Å². The lowest BCUT2D eigenvalue weighted by atomic mass is 10.2. The van der Waals surface area contributed by atoms with E-state index in [1.165, 1.54) is 6.07 Å². The van der Waals surface area contributed by atoms with E-state index in [4.69, 9.17) is 4.74 Å². The first-order valence-electron chi connectivity index (χ1n) is 9.71. The number of ether oxygens (including phenoxy) is 1. The third kappa shape index (κ3) is 4.82. The van der Waals surface area contributed by atoms with Gasteiger partial charge in [0.25, 0.3) is 11.8 Å². The maximum absolute atomic E-state index is 12.7. The Hall–Kier alpha value is -2.74. The van der Waals surface area contributed by atoms with Crippen molar-refractivity contribution in [3.63, 3.8) is 0 Å². The van der Waals surface area contributed by atoms with Gasteiger partial charge in [-0.15, -0.1) is 11.8 Å². The van der Waals surface area contributed by atoms with E-state index in [1.54, 1.807) is 33.5 Å². The molecule has 154 valence electrons. The molecule has 1 N–H and O–H groups in total. The van der Waals surface area contributed by atoms with Gasteiger partial charge in [-0.1, -0.05) is 19.1 Å². The minimum atomic E-state index is -0.299. The summed E-state index contributed by atoms with van der Waals surface area (Å²) in [5, 5.41) is 2.89. The van der Waals surface area contributed by atoms with Gasteiger partial charge in [-0.05, 0) is 24.8 Å². The van der Waals surface area contributed by atoms with E-state index < -0.39 is 0 Å². The molecule has 3 rings (SSSR count). The molecule has 2 aromatic rings. The van der Waals surface area contributed by atoms with Crippen molar-refractivity contribution in [2.75, 3.05) is 32.0 Å². The molecule has 1 aliphatic rings. The maximum Gasteiger partial charge on any atom is 0.270 e. The van der Waals surface area contributed by atoms with Crippen LogP contribution in [0.25, 0.3) is 0 Å². The lowest BCUT2D eigenvalue weighted by Crippen LogP contribution is -2.45. The van der Waals surface area contributed by atoms with Crippen LogP contribution in [0.3, 0.4) is 0 Å². The van der Waals surface area contributed by atoms with E-state index in [0.717, 1.165) is 10.6 Å². The summed E-state index contributed by atoms with van der Waals surface area (Å²) >= 11 is 1.62. The maximum atomic E-state index is 12.7. The lowest BCUT2D eigenvalue weighted by Gasteiger charge is -2.30. The van der Waals surface area contributed by atoms with Crippen molar-refractivity contribution < 1.29 is 14.3 Å². The molecular formula is C21H25N3O4S. The highest BCUT2D eigenvalue weighted by molar-refractivity contribution is 7.99. The smallest absolute Gasteiger partial charge is 0.270 e. The Kier molecular flexibility index (Phi) is 6.98. The zero-order valence-corrected chi connectivity index (χ0v) is 17.5. The fourth-order valence-corrected chi connectivity index (χ4v) is 4.03. The normalized spacial score (nSPS) is 13.2. The molecule has 0 unspecified atom stereocenters. The van der Waals surface area contributed by atoms with Crippen LogP contribution >= 0.6 is 11.8 Å². The Balaban J connectivity index is 1.61. The number of pyridine rings is 1. The van der Waals surface area contributed by atoms with Crippen LogP contribution in [0.4, 0.5) is 0 Å². The van der Waals surface area contributed by atoms with Gasteiger partial charge in [0.1, 0.15) is 5.69 Å². The number of thioether (sulfide) groups is 1. The predicted octanol–water partition coefficient (Wildman–Crippen LogP) is 2.24. The van der Waals surface area contributed by atoms with Crippen molar-refractivity contribution in [1.29, 1.82) is 0 Å². The molecule has 1 aliphatic heterocycles. The topological polar surface area (TPSA) is 80.6 Å². The number of aromatic nitrogens is 1. The molecule has 0 atom stereocenters. The molecule has 0 saturated carbocycles. The van der Waals surface area contributed by atoms with E-state index in [1.807, 2.05) is 32.0 Å². The summed E-state index contributed by atoms with van der Waals surface area (Å²) in [5.74, 6) is 0.779. The number of nitrogens with zero attached hydrogens (tertiary/aromatic N) is 2. The van der Waals surface area contributed by atoms with Gasteiger partial charge in [0, 0.05) is 37.1 Å². The molecule has 7 nitrogen and oxygen atoms in total. The summed E-state index contributed by atoms with van der Waals surface area (Å²) in [5.41, 5.74) is 0.692. The molecular weight excluding hydrogens is 390 g/mol. The van der Waals surface area contributed by atoms with Gasteiger partial charge in [0.05, 0.1) is 18.4 Å². The Labute approximate surface area is 174 Å². The Morgan fingerprint density at radius 2 is 2.00 bits per heavy atom. The van der Waals surface area contributed by atoms with Gasteiger partial charge in [0.2, 0.25) is 5.43 Å². The molecule has 2 heterocycles. The number of rotatable bonds is 8. The second kappa shape index (κ2) is 9.65. The molecule has 0 spiro atoms. The fraction of sp³-hybridized carbons (Fsp3) is 0.381. The van der Waals surface area contributed by atoms with Crippen LogP contribution in [0.1, 0.15) is 34.7 Å². The van der Waals surface area contributed by atoms with Crippen LogP contribution in [0.15, 0.2) is 46.2 Å². The number of carbonyl (C=O) groups excluding carboxylic acids is 2. The van der Waals surface area contributed by atoms with Gasteiger partial charge in [-0.25, -0.2) is 0 Å². The molecule has 29 heavy (non-hydrogen) atoms. The highest BCUT2D eigenvalue weighted by Crippen LogP contribution is 2.22. The number of amides is 2. The Morgan fingerprint density at radius 1 is 1.21 bits per heavy atom. The summed E-state index contributed by atoms with van der Waals surface area (Å²) in [4.78, 5) is 40.0. The SMILES string of the molecule is CCOc1cn2c(cc1=O)C(=O)N(CCNC(=O)c1ccccc1SCC)CC2. The largest absolute Gasteiger partial charge is 0.488 e. The second-order valence-corrected chi connectivity index (χ2v) is 7.80. The lowest BCUT2D eigenvalue weighted by molar-refractivity contribution is 0.0696. The van der Waals surface area contributed by atoms with Crippen molar-refractivity contribution in [2.24, 2.45) is 0 Å². The van der Waals surface area contributed by atoms with Gasteiger partial charge in [0.15, 0.2) is 5.75 Å². The average Bonchev–Trinajstić information content (AvgIpc) is 2.72. The van der Waals surface area contributed by atoms with Gasteiger partial charge >= 0.3 is 0 Å². The highest BCUT2D eigenvalue weighted by atomic mass is 32.2. The third-order valence-corrected chi connectivity index (χ3v) is 5.56. The molecule has 1 aromatic carbocycles. The first-order chi connectivity index (χ1) is 14.0. The minimum Gasteiger partial charge on any atom is -0.488 e. The first-order valence-corrected chi connectivity index (χ1v) is 10.7. The van der Waals surface area contributed by atoms with Crippen molar-refractivity contribution >= 4 is 23.6 Å². The third-order valence-electron chi connectivity index (χ3n) is 4.61. The van der Waals surface area contributed by atoms with Crippen LogP contribution in [0.5, 0.6) is 5.75 Å². The molecule has 0 saturated heterocycles. The predicted molar refractivity (Wildman–Crippen MR) is 113 cm³/mol. The quantitative estimate of drug-likeness (QED) is 0.669. The Morgan fingerprint density at radius 3 is 2.76 bits per heavy atom. The molecule has 1 aromatic heterocycles. The van der Waals surface area contributed by atoms with Crippen LogP contribution in [-0.4, -0.2) is 53.3 Å². The minimum absolute atomic E-state index is 0.149. The number of hydrogen-bond donors (Lipinski definition) is 1. The van der Waals surface area contributed by atoms with Crippen LogP contribution in [-0.2, 0) is 6.54 Å². The standard InChI is InChI=1S/C21H25N3O4S/c1-3-28-18-14-24-12-11-23(21(27)16(24)13-17(18)25)10-9-22-20(26)15-7-5-6-8-19(15)29-4-2/h5-8,13-14H,3-4,9-12H2,1-2H3,(H,22,26). The molecule has 8 heteroatoms. The Bertz CT molecular complexity index is 957. The average molecular weight is 416 g/mol. The van der Waals surface area contributed by atoms with E-state index in [9.17, 15) is 14.4 Å². The molecule has 2 amide bonds. The van der Waals surface area contributed by atoms with E-state index in [0.29, 0.717) is 44.0 Å². The number of hydrogen-bond acceptors (Lipinski definition) is 5. The summed E-state index contributed by atoms with van der Waals surface area (Å²) < 4.78 is 7.07. The van der Waals surface area contributed by atoms with E-state index in [-0.39, 0.29) is 23.0 Å². The van der Waals surface area contributed by atoms with Crippen molar-refractivity contribution in [3.8, 4) is 5.75 Å². The first kappa shape index (κ1) is 21.0. The van der Waals surface area contributed by atoms with E-state index in [2.05, 4.69) is 5.32 Å². The van der Waals surface area contributed by atoms with Crippen LogP contribution < -0.4 is 15.5 Å². The number of nitrogens with one attached hydrogen (secondary N) is 1. The second-order valence-electron chi connectivity index (χ2n) is 6.49. The number of fused-ring (bicyclic) bond motifs is 1. The zero-order valence-electron chi connectivity index (χ0n) is 16.6. The molecule has 0 fully saturated rings. The van der Waals surface area contributed by atoms with Crippen molar-refractivity contribution in [1.82, 2.24) is 14.8 Å². The number of benzene rings is 1. The zero-order chi connectivity index (χ0) is 20.8. The monoisotopic (exact) mass is 415 g/mol. The fourth-order valence-electron chi connectivity index (χ4n) is 3.23. The van der Waals surface area contributed by atoms with E-state index >= 15 is 0 Å². The number of carbonyl (C=O) groups is 2. The summed E-state index contributed by atoms with van der Waals surface area (Å²) in [7, 11) is 0. The van der Waals surface area contributed by atoms with Crippen molar-refractivity contribution in [3.05, 3.63) is 58.0 Å². The molecule has 0 bridgehead atoms. The van der Waals surface area contributed by atoms with Gasteiger partial charge in [-0.3, -0.25) is 14.4 Å². The van der Waals surface area contributed by atoms with Crippen molar-refractivity contribution in [2.45, 2.75) is 25.3 Å². The van der Waals surface area contributed by atoms with Gasteiger partial charge < -0.3 is 19.5 Å². The van der Waals surface area contributed by atoms with Crippen LogP contribution in [0.2, 0.25) is 0 Å². The summed E-state index contributed by atoms with van der Waals surface area (Å²) in [6, 6.07) is 8.82. The molecule has 0 radical (unpaired) electrons. The summed E-state index contributed by atoms with van der Waals surface area (Å²) in [6.07, 6.45) is 1.60.